The quantitative estimate of drug-likeness (QED) is 0.689. The van der Waals surface area contributed by atoms with E-state index in [1.54, 1.807) is 0 Å². The topological polar surface area (TPSA) is 30.0 Å². The van der Waals surface area contributed by atoms with E-state index in [1.165, 1.54) is 11.1 Å². The molecule has 0 aromatic heterocycles. The van der Waals surface area contributed by atoms with E-state index in [2.05, 4.69) is 87.2 Å². The Kier molecular flexibility index (Phi) is 7.73. The standard InChI is InChI=1S/C26H36N4O/c1-23(29-18-14-27(15-19-29)13-12-24-8-4-2-5-9-24)26(31)30-20-16-28(17-21-30)22-25-10-6-3-7-11-25/h2-11,23H,12-22H2,1H3. The summed E-state index contributed by atoms with van der Waals surface area (Å²) in [4.78, 5) is 22.5. The third kappa shape index (κ3) is 6.16. The lowest BCUT2D eigenvalue weighted by molar-refractivity contribution is -0.139. The van der Waals surface area contributed by atoms with Crippen molar-refractivity contribution in [3.8, 4) is 0 Å². The number of piperazine rings is 2. The van der Waals surface area contributed by atoms with Crippen molar-refractivity contribution in [2.24, 2.45) is 0 Å². The molecule has 2 aromatic rings. The summed E-state index contributed by atoms with van der Waals surface area (Å²) in [6.45, 7) is 11.8. The van der Waals surface area contributed by atoms with Crippen molar-refractivity contribution in [1.82, 2.24) is 19.6 Å². The number of carbonyl (C=O) groups is 1. The van der Waals surface area contributed by atoms with Crippen LogP contribution in [-0.2, 0) is 17.8 Å². The molecular weight excluding hydrogens is 384 g/mol. The summed E-state index contributed by atoms with van der Waals surface area (Å²) in [7, 11) is 0. The van der Waals surface area contributed by atoms with Gasteiger partial charge in [-0.25, -0.2) is 0 Å². The zero-order chi connectivity index (χ0) is 21.5. The van der Waals surface area contributed by atoms with Crippen LogP contribution in [0.1, 0.15) is 18.1 Å². The maximum Gasteiger partial charge on any atom is 0.239 e. The Morgan fingerprint density at radius 2 is 1.29 bits per heavy atom. The van der Waals surface area contributed by atoms with Crippen LogP contribution in [0, 0.1) is 0 Å². The summed E-state index contributed by atoms with van der Waals surface area (Å²) >= 11 is 0. The summed E-state index contributed by atoms with van der Waals surface area (Å²) in [5.41, 5.74) is 2.75. The maximum absolute atomic E-state index is 13.1. The second-order valence-electron chi connectivity index (χ2n) is 8.88. The summed E-state index contributed by atoms with van der Waals surface area (Å²) in [6, 6.07) is 21.3. The van der Waals surface area contributed by atoms with Gasteiger partial charge in [-0.1, -0.05) is 60.7 Å². The van der Waals surface area contributed by atoms with E-state index in [0.717, 1.165) is 71.9 Å². The van der Waals surface area contributed by atoms with Gasteiger partial charge < -0.3 is 9.80 Å². The van der Waals surface area contributed by atoms with Crippen molar-refractivity contribution < 1.29 is 4.79 Å². The molecule has 1 amide bonds. The van der Waals surface area contributed by atoms with Gasteiger partial charge in [0.15, 0.2) is 0 Å². The van der Waals surface area contributed by atoms with Crippen molar-refractivity contribution in [2.75, 3.05) is 58.9 Å². The fourth-order valence-electron chi connectivity index (χ4n) is 4.69. The van der Waals surface area contributed by atoms with Gasteiger partial charge in [-0.2, -0.15) is 0 Å². The van der Waals surface area contributed by atoms with Gasteiger partial charge in [-0.3, -0.25) is 14.6 Å². The smallest absolute Gasteiger partial charge is 0.239 e. The van der Waals surface area contributed by atoms with E-state index >= 15 is 0 Å². The largest absolute Gasteiger partial charge is 0.339 e. The third-order valence-corrected chi connectivity index (χ3v) is 6.80. The molecular formula is C26H36N4O. The number of hydrogen-bond donors (Lipinski definition) is 0. The second kappa shape index (κ2) is 10.9. The van der Waals surface area contributed by atoms with Gasteiger partial charge in [0.1, 0.15) is 0 Å². The third-order valence-electron chi connectivity index (χ3n) is 6.80. The van der Waals surface area contributed by atoms with Gasteiger partial charge in [-0.05, 0) is 24.5 Å². The fourth-order valence-corrected chi connectivity index (χ4v) is 4.69. The van der Waals surface area contributed by atoms with Gasteiger partial charge in [0.25, 0.3) is 0 Å². The number of nitrogens with zero attached hydrogens (tertiary/aromatic N) is 4. The van der Waals surface area contributed by atoms with Crippen LogP contribution in [0.2, 0.25) is 0 Å². The van der Waals surface area contributed by atoms with E-state index in [4.69, 9.17) is 0 Å². The molecule has 1 atom stereocenters. The Bertz CT molecular complexity index is 797. The van der Waals surface area contributed by atoms with Crippen LogP contribution in [0.4, 0.5) is 0 Å². The van der Waals surface area contributed by atoms with Gasteiger partial charge in [0.2, 0.25) is 5.91 Å². The molecule has 2 aliphatic rings. The van der Waals surface area contributed by atoms with Crippen LogP contribution < -0.4 is 0 Å². The first-order chi connectivity index (χ1) is 15.2. The van der Waals surface area contributed by atoms with E-state index < -0.39 is 0 Å². The summed E-state index contributed by atoms with van der Waals surface area (Å²) in [5, 5.41) is 0. The molecule has 2 aliphatic heterocycles. The highest BCUT2D eigenvalue weighted by Crippen LogP contribution is 2.13. The Morgan fingerprint density at radius 1 is 0.742 bits per heavy atom. The minimum Gasteiger partial charge on any atom is -0.339 e. The highest BCUT2D eigenvalue weighted by molar-refractivity contribution is 5.81. The van der Waals surface area contributed by atoms with Crippen LogP contribution in [0.3, 0.4) is 0 Å². The average molecular weight is 421 g/mol. The predicted octanol–water partition coefficient (Wildman–Crippen LogP) is 2.58. The number of hydrogen-bond acceptors (Lipinski definition) is 4. The molecule has 4 rings (SSSR count). The second-order valence-corrected chi connectivity index (χ2v) is 8.88. The van der Waals surface area contributed by atoms with Crippen LogP contribution in [0.25, 0.3) is 0 Å². The highest BCUT2D eigenvalue weighted by Gasteiger charge is 2.30. The minimum atomic E-state index is -0.0167. The molecule has 2 heterocycles. The van der Waals surface area contributed by atoms with Crippen LogP contribution in [-0.4, -0.2) is 90.5 Å². The van der Waals surface area contributed by atoms with Gasteiger partial charge in [0, 0.05) is 65.4 Å². The van der Waals surface area contributed by atoms with Gasteiger partial charge in [0.05, 0.1) is 6.04 Å². The van der Waals surface area contributed by atoms with E-state index in [1.807, 2.05) is 0 Å². The number of amides is 1. The van der Waals surface area contributed by atoms with Gasteiger partial charge >= 0.3 is 0 Å². The molecule has 0 N–H and O–H groups in total. The van der Waals surface area contributed by atoms with Crippen molar-refractivity contribution in [3.05, 3.63) is 71.8 Å². The van der Waals surface area contributed by atoms with Crippen molar-refractivity contribution in [3.63, 3.8) is 0 Å². The van der Waals surface area contributed by atoms with Crippen molar-refractivity contribution in [1.29, 1.82) is 0 Å². The molecule has 0 radical (unpaired) electrons. The van der Waals surface area contributed by atoms with Crippen LogP contribution in [0.5, 0.6) is 0 Å². The van der Waals surface area contributed by atoms with E-state index in [9.17, 15) is 4.79 Å². The normalized spacial score (nSPS) is 20.0. The Hall–Kier alpha value is -2.21. The number of rotatable bonds is 7. The zero-order valence-electron chi connectivity index (χ0n) is 18.8. The summed E-state index contributed by atoms with van der Waals surface area (Å²) < 4.78 is 0. The lowest BCUT2D eigenvalue weighted by atomic mass is 10.1. The molecule has 1 unspecified atom stereocenters. The molecule has 31 heavy (non-hydrogen) atoms. The molecule has 5 heteroatoms. The van der Waals surface area contributed by atoms with Crippen molar-refractivity contribution in [2.45, 2.75) is 25.9 Å². The summed E-state index contributed by atoms with van der Waals surface area (Å²) in [5.74, 6) is 0.303. The van der Waals surface area contributed by atoms with Crippen LogP contribution >= 0.6 is 0 Å². The predicted molar refractivity (Wildman–Crippen MR) is 126 cm³/mol. The first-order valence-corrected chi connectivity index (χ1v) is 11.7. The SMILES string of the molecule is CC(C(=O)N1CCN(Cc2ccccc2)CC1)N1CCN(CCc2ccccc2)CC1. The molecule has 166 valence electrons. The van der Waals surface area contributed by atoms with E-state index in [0.29, 0.717) is 5.91 Å². The lowest BCUT2D eigenvalue weighted by Gasteiger charge is -2.41. The van der Waals surface area contributed by atoms with Crippen molar-refractivity contribution >= 4 is 5.91 Å². The molecule has 2 saturated heterocycles. The Balaban J connectivity index is 1.18. The molecule has 0 bridgehead atoms. The first kappa shape index (κ1) is 22.0. The average Bonchev–Trinajstić information content (AvgIpc) is 2.84. The molecule has 0 spiro atoms. The molecule has 5 nitrogen and oxygen atoms in total. The zero-order valence-corrected chi connectivity index (χ0v) is 18.8. The van der Waals surface area contributed by atoms with E-state index in [-0.39, 0.29) is 6.04 Å². The molecule has 2 fully saturated rings. The monoisotopic (exact) mass is 420 g/mol. The fraction of sp³-hybridized carbons (Fsp3) is 0.500. The Labute approximate surface area is 187 Å². The molecule has 0 aliphatic carbocycles. The molecule has 0 saturated carbocycles. The summed E-state index contributed by atoms with van der Waals surface area (Å²) in [6.07, 6.45) is 1.10. The first-order valence-electron chi connectivity index (χ1n) is 11.7. The lowest BCUT2D eigenvalue weighted by Crippen LogP contribution is -2.57. The highest BCUT2D eigenvalue weighted by atomic mass is 16.2. The number of carbonyl (C=O) groups excluding carboxylic acids is 1. The maximum atomic E-state index is 13.1. The van der Waals surface area contributed by atoms with Crippen LogP contribution in [0.15, 0.2) is 60.7 Å². The number of benzene rings is 2. The minimum absolute atomic E-state index is 0.0167. The Morgan fingerprint density at radius 3 is 1.90 bits per heavy atom. The molecule has 2 aromatic carbocycles. The van der Waals surface area contributed by atoms with Gasteiger partial charge in [-0.15, -0.1) is 0 Å².